The first-order chi connectivity index (χ1) is 17.8. The van der Waals surface area contributed by atoms with Crippen LogP contribution in [0, 0.1) is 0 Å². The molecule has 3 N–H and O–H groups in total. The van der Waals surface area contributed by atoms with Gasteiger partial charge in [-0.25, -0.2) is 0 Å². The number of carbonyl (C=O) groups is 1. The number of hydrogen-bond acceptors (Lipinski definition) is 10. The minimum Gasteiger partial charge on any atom is -0.347 e. The third-order valence-corrected chi connectivity index (χ3v) is 10.8. The van der Waals surface area contributed by atoms with Crippen LogP contribution < -0.4 is 15.4 Å². The van der Waals surface area contributed by atoms with Crippen LogP contribution in [0.5, 0.6) is 11.8 Å². The number of hydrogen-bond donors (Lipinski definition) is 3. The maximum absolute atomic E-state index is 12.7. The van der Waals surface area contributed by atoms with Gasteiger partial charge in [-0.3, -0.25) is 4.79 Å². The van der Waals surface area contributed by atoms with E-state index in [9.17, 15) is 9.69 Å². The number of nitrogens with one attached hydrogen (secondary N) is 2. The van der Waals surface area contributed by atoms with Crippen molar-refractivity contribution in [1.82, 2.24) is 30.2 Å². The van der Waals surface area contributed by atoms with Gasteiger partial charge in [-0.2, -0.15) is 0 Å². The summed E-state index contributed by atoms with van der Waals surface area (Å²) in [7, 11) is -2.06. The standard InChI is InChI=1S/C24H27ClN7O3PS/c1-13-9-26-20-18-16(37-21(20)22(33)29-13)4-3-15-19(18)27-11-17(30-15)35-23-14(10-28-24(25)31-23)12-32-5-7-36(2,34)8-6-32/h3-4,10-11,13,26,34,36H,5-9,12H2,1-2H3,(H,29,33)/t13-/m1/s1. The second-order valence-corrected chi connectivity index (χ2v) is 15.3. The Labute approximate surface area is 222 Å². The molecule has 1 atom stereocenters. The van der Waals surface area contributed by atoms with Gasteiger partial charge in [-0.05, 0) is 6.92 Å². The predicted octanol–water partition coefficient (Wildman–Crippen LogP) is 3.73. The van der Waals surface area contributed by atoms with Crippen molar-refractivity contribution in [2.45, 2.75) is 19.5 Å². The molecule has 5 heterocycles. The molecule has 2 aliphatic rings. The first kappa shape index (κ1) is 24.6. The smallest absolute Gasteiger partial charge is 0.347 e. The van der Waals surface area contributed by atoms with E-state index >= 15 is 0 Å². The van der Waals surface area contributed by atoms with Gasteiger partial charge < -0.3 is 10.6 Å². The number of thiophene rings is 1. The molecule has 0 unspecified atom stereocenters. The van der Waals surface area contributed by atoms with Crippen molar-refractivity contribution in [3.63, 3.8) is 0 Å². The van der Waals surface area contributed by atoms with Crippen LogP contribution in [0.4, 0.5) is 5.69 Å². The zero-order valence-corrected chi connectivity index (χ0v) is 23.0. The SMILES string of the molecule is C[C@@H]1CNc2c(sc3ccc4nc(Oc5nc(Cl)ncc5CN5CC[PH](C)(O)CC5)cnc4c23)C(=O)N1. The van der Waals surface area contributed by atoms with Gasteiger partial charge in [0.25, 0.3) is 5.91 Å². The third kappa shape index (κ3) is 4.94. The molecule has 4 aromatic rings. The van der Waals surface area contributed by atoms with Gasteiger partial charge >= 0.3 is 156 Å². The topological polar surface area (TPSA) is 125 Å². The first-order valence-corrected chi connectivity index (χ1v) is 16.2. The van der Waals surface area contributed by atoms with E-state index in [4.69, 9.17) is 21.3 Å². The number of anilines is 1. The number of amides is 1. The maximum atomic E-state index is 12.7. The van der Waals surface area contributed by atoms with Crippen LogP contribution in [-0.2, 0) is 6.54 Å². The monoisotopic (exact) mass is 559 g/mol. The number of halogens is 1. The molecule has 2 aliphatic heterocycles. The minimum absolute atomic E-state index is 0.0252. The van der Waals surface area contributed by atoms with Crippen molar-refractivity contribution < 1.29 is 14.4 Å². The van der Waals surface area contributed by atoms with E-state index in [1.54, 1.807) is 12.4 Å². The number of nitrogens with zero attached hydrogens (tertiary/aromatic N) is 5. The number of aromatic nitrogens is 4. The van der Waals surface area contributed by atoms with Crippen LogP contribution in [0.1, 0.15) is 22.2 Å². The van der Waals surface area contributed by atoms with Crippen molar-refractivity contribution in [3.8, 4) is 11.8 Å². The molecule has 1 amide bonds. The molecule has 37 heavy (non-hydrogen) atoms. The second-order valence-electron chi connectivity index (χ2n) is 9.92. The van der Waals surface area contributed by atoms with Crippen molar-refractivity contribution in [2.75, 3.05) is 43.9 Å². The molecule has 1 saturated heterocycles. The Bertz CT molecular complexity index is 1520. The van der Waals surface area contributed by atoms with Crippen LogP contribution in [-0.4, -0.2) is 80.3 Å². The Morgan fingerprint density at radius 2 is 2.05 bits per heavy atom. The zero-order chi connectivity index (χ0) is 25.7. The quantitative estimate of drug-likeness (QED) is 0.253. The summed E-state index contributed by atoms with van der Waals surface area (Å²) in [5.41, 5.74) is 2.93. The van der Waals surface area contributed by atoms with Crippen molar-refractivity contribution in [1.29, 1.82) is 0 Å². The molecule has 13 heteroatoms. The normalized spacial score (nSPS) is 20.6. The number of carbonyl (C=O) groups excluding carboxylic acids is 1. The summed E-state index contributed by atoms with van der Waals surface area (Å²) in [5.74, 6) is 0.543. The third-order valence-electron chi connectivity index (χ3n) is 6.83. The zero-order valence-electron chi connectivity index (χ0n) is 20.4. The minimum atomic E-state index is -2.06. The van der Waals surface area contributed by atoms with Gasteiger partial charge in [0.1, 0.15) is 4.88 Å². The Morgan fingerprint density at radius 3 is 2.86 bits per heavy atom. The average molecular weight is 560 g/mol. The molecule has 10 nitrogen and oxygen atoms in total. The molecule has 0 spiro atoms. The van der Waals surface area contributed by atoms with Gasteiger partial charge in [0.15, 0.2) is 0 Å². The number of rotatable bonds is 4. The summed E-state index contributed by atoms with van der Waals surface area (Å²) in [4.78, 5) is 43.8. The summed E-state index contributed by atoms with van der Waals surface area (Å²) in [6, 6.07) is 3.86. The van der Waals surface area contributed by atoms with Gasteiger partial charge in [0, 0.05) is 17.3 Å². The molecule has 194 valence electrons. The molecule has 1 fully saturated rings. The van der Waals surface area contributed by atoms with Crippen molar-refractivity contribution in [3.05, 3.63) is 40.3 Å². The van der Waals surface area contributed by atoms with Crippen LogP contribution in [0.25, 0.3) is 21.1 Å². The molecule has 0 bridgehead atoms. The van der Waals surface area contributed by atoms with Crippen molar-refractivity contribution in [2.24, 2.45) is 0 Å². The second kappa shape index (κ2) is 9.56. The fourth-order valence-electron chi connectivity index (χ4n) is 4.72. The van der Waals surface area contributed by atoms with Crippen LogP contribution in [0.15, 0.2) is 24.5 Å². The molecule has 0 radical (unpaired) electrons. The van der Waals surface area contributed by atoms with E-state index in [1.165, 1.54) is 11.3 Å². The summed E-state index contributed by atoms with van der Waals surface area (Å²) in [6.45, 7) is 6.84. The van der Waals surface area contributed by atoms with E-state index in [0.29, 0.717) is 34.9 Å². The number of benzene rings is 1. The first-order valence-electron chi connectivity index (χ1n) is 12.2. The summed E-state index contributed by atoms with van der Waals surface area (Å²) in [6.07, 6.45) is 4.91. The van der Waals surface area contributed by atoms with Crippen LogP contribution in [0.2, 0.25) is 5.28 Å². The molecular formula is C24H27ClN7O3PS. The molecular weight excluding hydrogens is 533 g/mol. The van der Waals surface area contributed by atoms with E-state index in [2.05, 4.69) is 30.5 Å². The number of fused-ring (bicyclic) bond motifs is 5. The van der Waals surface area contributed by atoms with Crippen molar-refractivity contribution >= 4 is 63.1 Å². The predicted molar refractivity (Wildman–Crippen MR) is 149 cm³/mol. The van der Waals surface area contributed by atoms with Gasteiger partial charge in [0.2, 0.25) is 0 Å². The summed E-state index contributed by atoms with van der Waals surface area (Å²) in [5, 5.41) is 7.38. The Balaban J connectivity index is 1.31. The van der Waals surface area contributed by atoms with E-state index in [-0.39, 0.29) is 23.1 Å². The number of ether oxygens (including phenoxy) is 1. The molecule has 1 aromatic carbocycles. The molecule has 3 aromatic heterocycles. The Hall–Kier alpha value is -2.69. The van der Waals surface area contributed by atoms with E-state index in [1.807, 2.05) is 25.7 Å². The fourth-order valence-corrected chi connectivity index (χ4v) is 7.78. The van der Waals surface area contributed by atoms with Crippen LogP contribution >= 0.6 is 30.4 Å². The fraction of sp³-hybridized carbons (Fsp3) is 0.375. The van der Waals surface area contributed by atoms with Crippen LogP contribution in [0.3, 0.4) is 0 Å². The van der Waals surface area contributed by atoms with E-state index in [0.717, 1.165) is 46.8 Å². The molecule has 0 saturated carbocycles. The van der Waals surface area contributed by atoms with Gasteiger partial charge in [-0.1, -0.05) is 0 Å². The van der Waals surface area contributed by atoms with Gasteiger partial charge in [-0.15, -0.1) is 11.3 Å². The average Bonchev–Trinajstić information content (AvgIpc) is 3.18. The van der Waals surface area contributed by atoms with E-state index < -0.39 is 7.49 Å². The summed E-state index contributed by atoms with van der Waals surface area (Å²) < 4.78 is 7.05. The molecule has 0 aliphatic carbocycles. The Kier molecular flexibility index (Phi) is 6.37. The van der Waals surface area contributed by atoms with Gasteiger partial charge in [0.05, 0.1) is 5.69 Å². The molecule has 6 rings (SSSR count). The summed E-state index contributed by atoms with van der Waals surface area (Å²) >= 11 is 7.54. The Morgan fingerprint density at radius 1 is 1.24 bits per heavy atom.